The van der Waals surface area contributed by atoms with Crippen LogP contribution in [0.4, 0.5) is 11.4 Å². The third kappa shape index (κ3) is 4.44. The lowest BCUT2D eigenvalue weighted by Crippen LogP contribution is -2.33. The summed E-state index contributed by atoms with van der Waals surface area (Å²) < 4.78 is 0. The number of hydrogen-bond acceptors (Lipinski definition) is 2. The first-order chi connectivity index (χ1) is 13.2. The van der Waals surface area contributed by atoms with Gasteiger partial charge in [0.25, 0.3) is 0 Å². The summed E-state index contributed by atoms with van der Waals surface area (Å²) in [7, 11) is 0. The fourth-order valence-corrected chi connectivity index (χ4v) is 3.51. The maximum Gasteiger partial charge on any atom is 0.230 e. The number of benzene rings is 2. The molecule has 1 N–H and O–H groups in total. The molecule has 0 heterocycles. The summed E-state index contributed by atoms with van der Waals surface area (Å²) in [6, 6.07) is 15.9. The quantitative estimate of drug-likeness (QED) is 0.803. The van der Waals surface area contributed by atoms with Gasteiger partial charge in [-0.15, -0.1) is 0 Å². The van der Waals surface area contributed by atoms with Gasteiger partial charge in [-0.25, -0.2) is 0 Å². The second-order valence-electron chi connectivity index (χ2n) is 8.69. The first-order valence-electron chi connectivity index (χ1n) is 10.00. The van der Waals surface area contributed by atoms with Gasteiger partial charge in [0.2, 0.25) is 11.8 Å². The predicted octanol–water partition coefficient (Wildman–Crippen LogP) is 4.92. The number of carbonyl (C=O) groups excluding carboxylic acids is 2. The molecule has 0 spiro atoms. The Morgan fingerprint density at radius 3 is 2.32 bits per heavy atom. The van der Waals surface area contributed by atoms with E-state index in [1.165, 1.54) is 5.56 Å². The van der Waals surface area contributed by atoms with Crippen LogP contribution in [0.2, 0.25) is 0 Å². The zero-order valence-corrected chi connectivity index (χ0v) is 17.5. The summed E-state index contributed by atoms with van der Waals surface area (Å²) >= 11 is 0. The van der Waals surface area contributed by atoms with Crippen molar-refractivity contribution in [1.82, 2.24) is 0 Å². The van der Waals surface area contributed by atoms with Crippen LogP contribution in [-0.4, -0.2) is 18.4 Å². The Hall–Kier alpha value is -2.62. The summed E-state index contributed by atoms with van der Waals surface area (Å²) in [5, 5.41) is 2.96. The first-order valence-corrected chi connectivity index (χ1v) is 10.00. The Bertz CT molecular complexity index is 865. The molecule has 0 aliphatic heterocycles. The van der Waals surface area contributed by atoms with Gasteiger partial charge in [0.1, 0.15) is 0 Å². The van der Waals surface area contributed by atoms with E-state index in [0.29, 0.717) is 13.0 Å². The Morgan fingerprint density at radius 1 is 1.07 bits per heavy atom. The van der Waals surface area contributed by atoms with E-state index in [4.69, 9.17) is 0 Å². The average Bonchev–Trinajstić information content (AvgIpc) is 3.43. The number of rotatable bonds is 5. The Labute approximate surface area is 167 Å². The zero-order valence-electron chi connectivity index (χ0n) is 17.5. The fraction of sp³-hybridized carbons (Fsp3) is 0.417. The number of amides is 2. The third-order valence-electron chi connectivity index (χ3n) is 5.36. The molecule has 2 aromatic rings. The van der Waals surface area contributed by atoms with Crippen molar-refractivity contribution in [3.63, 3.8) is 0 Å². The van der Waals surface area contributed by atoms with Crippen LogP contribution in [0, 0.1) is 18.8 Å². The van der Waals surface area contributed by atoms with Crippen LogP contribution in [0.5, 0.6) is 0 Å². The maximum atomic E-state index is 12.9. The van der Waals surface area contributed by atoms with Crippen molar-refractivity contribution in [2.24, 2.45) is 11.8 Å². The number of hydrogen-bond donors (Lipinski definition) is 1. The molecule has 4 nitrogen and oxygen atoms in total. The van der Waals surface area contributed by atoms with E-state index in [2.05, 4.69) is 26.1 Å². The number of nitrogens with one attached hydrogen (secondary N) is 1. The van der Waals surface area contributed by atoms with Crippen molar-refractivity contribution in [3.05, 3.63) is 59.7 Å². The second kappa shape index (κ2) is 7.78. The van der Waals surface area contributed by atoms with Gasteiger partial charge in [-0.1, -0.05) is 45.0 Å². The molecule has 2 aromatic carbocycles. The number of anilines is 2. The van der Waals surface area contributed by atoms with Gasteiger partial charge >= 0.3 is 0 Å². The highest BCUT2D eigenvalue weighted by Gasteiger charge is 2.49. The predicted molar refractivity (Wildman–Crippen MR) is 115 cm³/mol. The van der Waals surface area contributed by atoms with Crippen molar-refractivity contribution >= 4 is 23.2 Å². The van der Waals surface area contributed by atoms with Gasteiger partial charge < -0.3 is 10.2 Å². The molecule has 28 heavy (non-hydrogen) atoms. The van der Waals surface area contributed by atoms with Crippen molar-refractivity contribution < 1.29 is 9.59 Å². The fourth-order valence-electron chi connectivity index (χ4n) is 3.51. The number of aryl methyl sites for hydroxylation is 1. The van der Waals surface area contributed by atoms with E-state index in [9.17, 15) is 9.59 Å². The second-order valence-corrected chi connectivity index (χ2v) is 8.69. The third-order valence-corrected chi connectivity index (χ3v) is 5.36. The Kier molecular flexibility index (Phi) is 5.59. The van der Waals surface area contributed by atoms with Gasteiger partial charge in [-0.05, 0) is 61.1 Å². The Morgan fingerprint density at radius 2 is 1.75 bits per heavy atom. The molecule has 1 aliphatic carbocycles. The molecule has 2 atom stereocenters. The number of nitrogens with zero attached hydrogens (tertiary/aromatic N) is 1. The molecule has 0 saturated heterocycles. The molecule has 1 saturated carbocycles. The average molecular weight is 379 g/mol. The number of carbonyl (C=O) groups is 2. The summed E-state index contributed by atoms with van der Waals surface area (Å²) in [6.45, 7) is 11.1. The molecular weight excluding hydrogens is 348 g/mol. The summed E-state index contributed by atoms with van der Waals surface area (Å²) in [5.41, 5.74) is 4.10. The van der Waals surface area contributed by atoms with Crippen LogP contribution in [-0.2, 0) is 15.0 Å². The molecule has 0 bridgehead atoms. The molecular formula is C24H30N2O2. The SMILES string of the molecule is CCN(C(=O)C1CC1C(=O)Nc1ccc(C(C)(C)C)cc1)c1cccc(C)c1. The van der Waals surface area contributed by atoms with Crippen LogP contribution in [0.25, 0.3) is 0 Å². The minimum atomic E-state index is -0.242. The summed E-state index contributed by atoms with van der Waals surface area (Å²) in [6.07, 6.45) is 0.618. The highest BCUT2D eigenvalue weighted by Crippen LogP contribution is 2.41. The van der Waals surface area contributed by atoms with Crippen LogP contribution in [0.3, 0.4) is 0 Å². The lowest BCUT2D eigenvalue weighted by atomic mass is 9.87. The minimum Gasteiger partial charge on any atom is -0.326 e. The molecule has 1 aliphatic rings. The smallest absolute Gasteiger partial charge is 0.230 e. The topological polar surface area (TPSA) is 49.4 Å². The van der Waals surface area contributed by atoms with Crippen LogP contribution < -0.4 is 10.2 Å². The summed E-state index contributed by atoms with van der Waals surface area (Å²) in [5.74, 6) is -0.499. The molecule has 0 aromatic heterocycles. The Balaban J connectivity index is 1.62. The van der Waals surface area contributed by atoms with Crippen LogP contribution >= 0.6 is 0 Å². The lowest BCUT2D eigenvalue weighted by Gasteiger charge is -2.21. The molecule has 3 rings (SSSR count). The van der Waals surface area contributed by atoms with Gasteiger partial charge in [0, 0.05) is 17.9 Å². The van der Waals surface area contributed by atoms with Crippen LogP contribution in [0.1, 0.15) is 45.2 Å². The van der Waals surface area contributed by atoms with E-state index in [0.717, 1.165) is 16.9 Å². The van der Waals surface area contributed by atoms with E-state index < -0.39 is 0 Å². The molecule has 0 radical (unpaired) electrons. The zero-order chi connectivity index (χ0) is 20.5. The van der Waals surface area contributed by atoms with E-state index in [1.807, 2.05) is 62.4 Å². The molecule has 148 valence electrons. The van der Waals surface area contributed by atoms with Gasteiger partial charge in [0.15, 0.2) is 0 Å². The van der Waals surface area contributed by atoms with Crippen molar-refractivity contribution in [2.75, 3.05) is 16.8 Å². The van der Waals surface area contributed by atoms with E-state index in [1.54, 1.807) is 4.90 Å². The normalized spacial score (nSPS) is 18.5. The highest BCUT2D eigenvalue weighted by molar-refractivity contribution is 6.04. The molecule has 4 heteroatoms. The van der Waals surface area contributed by atoms with E-state index in [-0.39, 0.29) is 29.1 Å². The molecule has 2 unspecified atom stereocenters. The minimum absolute atomic E-state index is 0.0383. The van der Waals surface area contributed by atoms with Gasteiger partial charge in [-0.2, -0.15) is 0 Å². The summed E-state index contributed by atoms with van der Waals surface area (Å²) in [4.78, 5) is 27.3. The van der Waals surface area contributed by atoms with E-state index >= 15 is 0 Å². The maximum absolute atomic E-state index is 12.9. The lowest BCUT2D eigenvalue weighted by molar-refractivity contribution is -0.123. The largest absolute Gasteiger partial charge is 0.326 e. The first kappa shape index (κ1) is 20.1. The van der Waals surface area contributed by atoms with Gasteiger partial charge in [-0.3, -0.25) is 9.59 Å². The molecule has 2 amide bonds. The van der Waals surface area contributed by atoms with Crippen molar-refractivity contribution in [1.29, 1.82) is 0 Å². The van der Waals surface area contributed by atoms with Crippen molar-refractivity contribution in [2.45, 2.75) is 46.5 Å². The van der Waals surface area contributed by atoms with Crippen LogP contribution in [0.15, 0.2) is 48.5 Å². The standard InChI is InChI=1S/C24H30N2O2/c1-6-26(19-9-7-8-16(2)14-19)23(28)21-15-20(21)22(27)25-18-12-10-17(11-13-18)24(3,4)5/h7-14,20-21H,6,15H2,1-5H3,(H,25,27). The van der Waals surface area contributed by atoms with Crippen molar-refractivity contribution in [3.8, 4) is 0 Å². The van der Waals surface area contributed by atoms with Gasteiger partial charge in [0.05, 0.1) is 11.8 Å². The monoisotopic (exact) mass is 378 g/mol. The molecule has 1 fully saturated rings. The highest BCUT2D eigenvalue weighted by atomic mass is 16.2.